The number of aliphatic carboxylic acids is 1. The van der Waals surface area contributed by atoms with E-state index in [-0.39, 0.29) is 38.2 Å². The summed E-state index contributed by atoms with van der Waals surface area (Å²) in [6.45, 7) is 4.97. The summed E-state index contributed by atoms with van der Waals surface area (Å²) in [6.07, 6.45) is 108. The molecular formula is C94H182NO8+. The van der Waals surface area contributed by atoms with E-state index < -0.39 is 18.4 Å². The van der Waals surface area contributed by atoms with Crippen molar-refractivity contribution in [2.75, 3.05) is 47.5 Å². The van der Waals surface area contributed by atoms with Crippen molar-refractivity contribution in [3.63, 3.8) is 0 Å². The van der Waals surface area contributed by atoms with Crippen molar-refractivity contribution in [3.05, 3.63) is 24.3 Å². The lowest BCUT2D eigenvalue weighted by Gasteiger charge is -2.25. The number of carbonyl (C=O) groups excluding carboxylic acids is 2. The Morgan fingerprint density at radius 1 is 0.291 bits per heavy atom. The van der Waals surface area contributed by atoms with Gasteiger partial charge in [0.2, 0.25) is 0 Å². The zero-order valence-corrected chi connectivity index (χ0v) is 70.3. The van der Waals surface area contributed by atoms with Crippen molar-refractivity contribution in [2.24, 2.45) is 0 Å². The molecule has 0 rings (SSSR count). The first kappa shape index (κ1) is 101. The number of hydrogen-bond acceptors (Lipinski definition) is 7. The van der Waals surface area contributed by atoms with E-state index in [1.807, 2.05) is 21.1 Å². The number of allylic oxidation sites excluding steroid dienone is 4. The Bertz CT molecular complexity index is 1740. The Hall–Kier alpha value is -2.23. The zero-order valence-electron chi connectivity index (χ0n) is 70.3. The zero-order chi connectivity index (χ0) is 74.6. The van der Waals surface area contributed by atoms with Gasteiger partial charge in [0, 0.05) is 12.8 Å². The molecule has 0 aromatic rings. The van der Waals surface area contributed by atoms with Gasteiger partial charge in [-0.2, -0.15) is 0 Å². The van der Waals surface area contributed by atoms with Crippen LogP contribution in [0, 0.1) is 0 Å². The minimum atomic E-state index is -1.51. The number of hydrogen-bond donors (Lipinski definition) is 1. The minimum absolute atomic E-state index is 0.173. The summed E-state index contributed by atoms with van der Waals surface area (Å²) in [7, 11) is 6.01. The van der Waals surface area contributed by atoms with E-state index in [0.717, 1.165) is 44.9 Å². The maximum Gasteiger partial charge on any atom is 0.361 e. The van der Waals surface area contributed by atoms with Crippen LogP contribution in [0.25, 0.3) is 0 Å². The summed E-state index contributed by atoms with van der Waals surface area (Å²) in [5.74, 6) is -1.96. The van der Waals surface area contributed by atoms with Crippen LogP contribution in [0.15, 0.2) is 24.3 Å². The van der Waals surface area contributed by atoms with Gasteiger partial charge in [0.25, 0.3) is 6.29 Å². The molecule has 0 saturated heterocycles. The SMILES string of the molecule is CCCCCCC/C=C\C/C=C\CCCCCCCCCCCCCCCCCCCCCCCCCCCCCC(=O)OC(COC(=O)CCCCCCCCCCCCCCCCCCCCCCCCCCCCCCCCCCCCCCCCC)COC(OCC[N+](C)(C)C)C(=O)O. The number of nitrogens with zero attached hydrogens (tertiary/aromatic N) is 1. The van der Waals surface area contributed by atoms with Crippen LogP contribution in [-0.4, -0.2) is 87.4 Å². The molecule has 0 aliphatic heterocycles. The molecule has 9 nitrogen and oxygen atoms in total. The van der Waals surface area contributed by atoms with Gasteiger partial charge in [-0.3, -0.25) is 9.59 Å². The third-order valence-corrected chi connectivity index (χ3v) is 21.7. The average Bonchev–Trinajstić information content (AvgIpc) is 0.985. The highest BCUT2D eigenvalue weighted by Gasteiger charge is 2.25. The molecule has 610 valence electrons. The molecule has 0 saturated carbocycles. The second-order valence-corrected chi connectivity index (χ2v) is 33.3. The highest BCUT2D eigenvalue weighted by atomic mass is 16.7. The normalized spacial score (nSPS) is 12.6. The van der Waals surface area contributed by atoms with Gasteiger partial charge in [0.05, 0.1) is 34.4 Å². The molecule has 1 N–H and O–H groups in total. The fourth-order valence-electron chi connectivity index (χ4n) is 14.6. The fraction of sp³-hybridized carbons (Fsp3) is 0.926. The number of carbonyl (C=O) groups is 3. The summed E-state index contributed by atoms with van der Waals surface area (Å²) in [5.41, 5.74) is 0. The van der Waals surface area contributed by atoms with Crippen molar-refractivity contribution < 1.29 is 42.9 Å². The number of ether oxygens (including phenoxy) is 4. The van der Waals surface area contributed by atoms with E-state index in [1.54, 1.807) is 0 Å². The number of carboxylic acids is 1. The highest BCUT2D eigenvalue weighted by molar-refractivity contribution is 5.71. The standard InChI is InChI=1S/C94H181NO8/c1-6-8-10-12-14-16-18-20-22-24-26-28-30-32-34-36-38-40-42-44-46-48-50-52-54-56-58-60-62-64-66-68-70-72-74-76-78-80-82-84-91(96)101-88-90(89-102-94(93(98)99)100-87-86-95(3,4)5)103-92(97)85-83-81-79-77-75-73-71-69-67-65-63-61-59-57-55-53-51-49-47-45-43-41-39-37-35-33-31-29-27-25-23-21-19-17-15-13-11-9-7-2/h19,21,25,27,90,94H,6-18,20,22-24,26,28-89H2,1-5H3/p+1/b21-19-,27-25-. The molecular weight excluding hydrogens is 1270 g/mol. The van der Waals surface area contributed by atoms with Gasteiger partial charge >= 0.3 is 17.9 Å². The number of carboxylic acid groups (broad SMARTS) is 1. The summed E-state index contributed by atoms with van der Waals surface area (Å²) in [5, 5.41) is 9.80. The van der Waals surface area contributed by atoms with Crippen LogP contribution in [0.2, 0.25) is 0 Å². The molecule has 0 spiro atoms. The molecule has 0 aliphatic rings. The van der Waals surface area contributed by atoms with Gasteiger partial charge in [-0.25, -0.2) is 4.79 Å². The lowest BCUT2D eigenvalue weighted by Crippen LogP contribution is -2.40. The van der Waals surface area contributed by atoms with Gasteiger partial charge in [-0.05, 0) is 44.9 Å². The monoisotopic (exact) mass is 1450 g/mol. The van der Waals surface area contributed by atoms with Gasteiger partial charge in [0.1, 0.15) is 13.2 Å². The quantitative estimate of drug-likeness (QED) is 0.0211. The lowest BCUT2D eigenvalue weighted by atomic mass is 10.0. The summed E-state index contributed by atoms with van der Waals surface area (Å²) >= 11 is 0. The maximum absolute atomic E-state index is 13.0. The Morgan fingerprint density at radius 2 is 0.524 bits per heavy atom. The average molecular weight is 1450 g/mol. The van der Waals surface area contributed by atoms with Crippen LogP contribution in [-0.2, 0) is 33.3 Å². The molecule has 2 unspecified atom stereocenters. The molecule has 0 bridgehead atoms. The molecule has 0 fully saturated rings. The van der Waals surface area contributed by atoms with E-state index in [2.05, 4.69) is 38.2 Å². The smallest absolute Gasteiger partial charge is 0.361 e. The number of quaternary nitrogens is 1. The third-order valence-electron chi connectivity index (χ3n) is 21.7. The van der Waals surface area contributed by atoms with Crippen molar-refractivity contribution in [1.29, 1.82) is 0 Å². The Morgan fingerprint density at radius 3 is 0.767 bits per heavy atom. The summed E-state index contributed by atoms with van der Waals surface area (Å²) in [4.78, 5) is 37.8. The van der Waals surface area contributed by atoms with Gasteiger partial charge < -0.3 is 28.5 Å². The molecule has 9 heteroatoms. The van der Waals surface area contributed by atoms with Crippen molar-refractivity contribution in [1.82, 2.24) is 0 Å². The predicted octanol–water partition coefficient (Wildman–Crippen LogP) is 30.4. The molecule has 103 heavy (non-hydrogen) atoms. The maximum atomic E-state index is 13.0. The third kappa shape index (κ3) is 86.9. The van der Waals surface area contributed by atoms with Crippen molar-refractivity contribution in [3.8, 4) is 0 Å². The predicted molar refractivity (Wildman–Crippen MR) is 448 cm³/mol. The van der Waals surface area contributed by atoms with E-state index in [0.29, 0.717) is 17.4 Å². The Balaban J connectivity index is 3.86. The fourth-order valence-corrected chi connectivity index (χ4v) is 14.6. The minimum Gasteiger partial charge on any atom is -0.477 e. The van der Waals surface area contributed by atoms with Gasteiger partial charge in [0.15, 0.2) is 6.10 Å². The summed E-state index contributed by atoms with van der Waals surface area (Å²) < 4.78 is 23.1. The molecule has 0 aromatic carbocycles. The molecule has 0 amide bonds. The number of unbranched alkanes of at least 4 members (excludes halogenated alkanes) is 70. The van der Waals surface area contributed by atoms with Crippen molar-refractivity contribution >= 4 is 17.9 Å². The topological polar surface area (TPSA) is 108 Å². The first-order chi connectivity index (χ1) is 50.6. The second kappa shape index (κ2) is 85.4. The van der Waals surface area contributed by atoms with Crippen LogP contribution in [0.5, 0.6) is 0 Å². The Kier molecular flexibility index (Phi) is 83.5. The van der Waals surface area contributed by atoms with E-state index in [9.17, 15) is 19.5 Å². The molecule has 0 aliphatic carbocycles. The van der Waals surface area contributed by atoms with E-state index in [1.165, 1.54) is 430 Å². The van der Waals surface area contributed by atoms with Gasteiger partial charge in [-0.15, -0.1) is 0 Å². The molecule has 0 radical (unpaired) electrons. The van der Waals surface area contributed by atoms with Crippen LogP contribution in [0.3, 0.4) is 0 Å². The van der Waals surface area contributed by atoms with Crippen molar-refractivity contribution in [2.45, 2.75) is 514 Å². The first-order valence-corrected chi connectivity index (χ1v) is 46.5. The van der Waals surface area contributed by atoms with Crippen LogP contribution in [0.1, 0.15) is 502 Å². The Labute approximate surface area is 643 Å². The van der Waals surface area contributed by atoms with Crippen LogP contribution < -0.4 is 0 Å². The highest BCUT2D eigenvalue weighted by Crippen LogP contribution is 2.22. The van der Waals surface area contributed by atoms with Crippen LogP contribution >= 0.6 is 0 Å². The van der Waals surface area contributed by atoms with E-state index in [4.69, 9.17) is 18.9 Å². The van der Waals surface area contributed by atoms with Gasteiger partial charge in [-0.1, -0.05) is 468 Å². The molecule has 0 heterocycles. The van der Waals surface area contributed by atoms with Crippen LogP contribution in [0.4, 0.5) is 0 Å². The van der Waals surface area contributed by atoms with E-state index >= 15 is 0 Å². The number of esters is 2. The first-order valence-electron chi connectivity index (χ1n) is 46.5. The largest absolute Gasteiger partial charge is 0.477 e. The second-order valence-electron chi connectivity index (χ2n) is 33.3. The number of likely N-dealkylation sites (N-methyl/N-ethyl adjacent to an activating group) is 1. The summed E-state index contributed by atoms with van der Waals surface area (Å²) in [6, 6.07) is 0. The number of rotatable bonds is 89. The molecule has 0 aromatic heterocycles. The lowest BCUT2D eigenvalue weighted by molar-refractivity contribution is -0.870. The molecule has 2 atom stereocenters.